The molecule has 0 atom stereocenters. The molecule has 0 unspecified atom stereocenters. The first kappa shape index (κ1) is 12.5. The molecule has 0 saturated carbocycles. The van der Waals surface area contributed by atoms with Gasteiger partial charge in [-0.2, -0.15) is 0 Å². The Morgan fingerprint density at radius 3 is 1.18 bits per heavy atom. The summed E-state index contributed by atoms with van der Waals surface area (Å²) >= 11 is -0.285. The van der Waals surface area contributed by atoms with Crippen LogP contribution in [0.5, 0.6) is 0 Å². The zero-order valence-corrected chi connectivity index (χ0v) is 12.8. The van der Waals surface area contributed by atoms with E-state index >= 15 is 0 Å². The van der Waals surface area contributed by atoms with Crippen molar-refractivity contribution in [3.63, 3.8) is 0 Å². The molecule has 0 aromatic rings. The van der Waals surface area contributed by atoms with Crippen molar-refractivity contribution < 1.29 is 0 Å². The Bertz CT molecular complexity index is 111. The van der Waals surface area contributed by atoms with Crippen molar-refractivity contribution in [2.45, 2.75) is 42.6 Å². The SMILES string of the molecule is C[Si](C)(C)[CH]([Mg][Cl])[Si](C)(C)C. The molecule has 0 aliphatic heterocycles. The summed E-state index contributed by atoms with van der Waals surface area (Å²) < 4.78 is 0.997. The normalized spacial score (nSPS) is 13.5. The van der Waals surface area contributed by atoms with Crippen molar-refractivity contribution >= 4 is 44.5 Å². The van der Waals surface area contributed by atoms with E-state index in [1.165, 1.54) is 0 Å². The van der Waals surface area contributed by atoms with Crippen LogP contribution < -0.4 is 0 Å². The van der Waals surface area contributed by atoms with E-state index < -0.39 is 16.1 Å². The van der Waals surface area contributed by atoms with Crippen LogP contribution in [0.4, 0.5) is 0 Å². The molecule has 0 N–H and O–H groups in total. The zero-order chi connectivity index (χ0) is 9.28. The number of rotatable bonds is 3. The van der Waals surface area contributed by atoms with Crippen LogP contribution in [0.2, 0.25) is 42.6 Å². The third kappa shape index (κ3) is 4.31. The molecule has 64 valence electrons. The average molecular weight is 219 g/mol. The van der Waals surface area contributed by atoms with Gasteiger partial charge < -0.3 is 9.07 Å². The molecule has 4 heteroatoms. The third-order valence-corrected chi connectivity index (χ3v) is 23.0. The topological polar surface area (TPSA) is 0 Å². The molecular weight excluding hydrogens is 200 g/mol. The van der Waals surface area contributed by atoms with E-state index in [1.54, 1.807) is 0 Å². The molecular formula is C7H19ClMgSi2. The lowest BCUT2D eigenvalue weighted by atomic mass is 11.7. The molecule has 11 heavy (non-hydrogen) atoms. The summed E-state index contributed by atoms with van der Waals surface area (Å²) in [4.78, 5) is 0. The first-order chi connectivity index (χ1) is 4.69. The number of hydrogen-bond donors (Lipinski definition) is 0. The molecule has 0 aromatic carbocycles. The van der Waals surface area contributed by atoms with Gasteiger partial charge in [0, 0.05) is 16.1 Å². The van der Waals surface area contributed by atoms with Crippen molar-refractivity contribution in [1.82, 2.24) is 0 Å². The van der Waals surface area contributed by atoms with Gasteiger partial charge in [0.15, 0.2) is 0 Å². The minimum absolute atomic E-state index is 0.285. The van der Waals surface area contributed by atoms with Gasteiger partial charge in [0.2, 0.25) is 0 Å². The lowest BCUT2D eigenvalue weighted by molar-refractivity contribution is 1.43. The summed E-state index contributed by atoms with van der Waals surface area (Å²) in [5.41, 5.74) is 0. The molecule has 0 aliphatic rings. The molecule has 0 saturated heterocycles. The van der Waals surface area contributed by atoms with Gasteiger partial charge in [0.1, 0.15) is 0 Å². The van der Waals surface area contributed by atoms with Gasteiger partial charge in [0.05, 0.1) is 0 Å². The Hall–Kier alpha value is 1.49. The second-order valence-corrected chi connectivity index (χ2v) is 20.6. The molecule has 0 spiro atoms. The Balaban J connectivity index is 4.43. The van der Waals surface area contributed by atoms with Crippen molar-refractivity contribution in [3.05, 3.63) is 0 Å². The predicted octanol–water partition coefficient (Wildman–Crippen LogP) is 3.39. The fourth-order valence-corrected chi connectivity index (χ4v) is 24.2. The van der Waals surface area contributed by atoms with Crippen LogP contribution in [0.3, 0.4) is 0 Å². The molecule has 0 aliphatic carbocycles. The summed E-state index contributed by atoms with van der Waals surface area (Å²) in [5, 5.41) is 0. The second kappa shape index (κ2) is 4.13. The highest BCUT2D eigenvalue weighted by Gasteiger charge is 2.37. The van der Waals surface area contributed by atoms with Crippen LogP contribution in [0, 0.1) is 0 Å². The summed E-state index contributed by atoms with van der Waals surface area (Å²) in [7, 11) is 4.28. The van der Waals surface area contributed by atoms with Gasteiger partial charge >= 0.3 is 19.3 Å². The Kier molecular flexibility index (Phi) is 4.69. The van der Waals surface area contributed by atoms with Crippen LogP contribution in [-0.2, 0) is 0 Å². The first-order valence-corrected chi connectivity index (χ1v) is 14.4. The van der Waals surface area contributed by atoms with Crippen LogP contribution in [0.25, 0.3) is 0 Å². The fraction of sp³-hybridized carbons (Fsp3) is 1.00. The summed E-state index contributed by atoms with van der Waals surface area (Å²) in [6.45, 7) is 14.8. The van der Waals surface area contributed by atoms with Gasteiger partial charge in [-0.15, -0.1) is 3.29 Å². The van der Waals surface area contributed by atoms with Gasteiger partial charge in [-0.3, -0.25) is 0 Å². The standard InChI is InChI=1S/C7H19Si2.ClH.Mg/c1-8(2,3)7-9(4,5)6;;/h7H,1-6H3;1H;/q;;+1/p-1. The molecule has 0 amide bonds. The summed E-state index contributed by atoms with van der Waals surface area (Å²) in [5.74, 6) is 0. The summed E-state index contributed by atoms with van der Waals surface area (Å²) in [6, 6.07) is 0. The Morgan fingerprint density at radius 1 is 0.909 bits per heavy atom. The maximum absolute atomic E-state index is 6.15. The van der Waals surface area contributed by atoms with E-state index in [1.807, 2.05) is 0 Å². The van der Waals surface area contributed by atoms with Crippen LogP contribution in [0.15, 0.2) is 0 Å². The first-order valence-electron chi connectivity index (χ1n) is 4.25. The van der Waals surface area contributed by atoms with Gasteiger partial charge in [-0.1, -0.05) is 39.3 Å². The third-order valence-electron chi connectivity index (χ3n) is 2.25. The quantitative estimate of drug-likeness (QED) is 0.638. The minimum atomic E-state index is -0.931. The van der Waals surface area contributed by atoms with Crippen molar-refractivity contribution in [3.8, 4) is 0 Å². The van der Waals surface area contributed by atoms with Gasteiger partial charge in [-0.25, -0.2) is 0 Å². The highest BCUT2D eigenvalue weighted by atomic mass is 35.5. The molecule has 0 bridgehead atoms. The lowest BCUT2D eigenvalue weighted by Crippen LogP contribution is -2.45. The van der Waals surface area contributed by atoms with Crippen molar-refractivity contribution in [2.24, 2.45) is 0 Å². The van der Waals surface area contributed by atoms with E-state index in [-0.39, 0.29) is 19.3 Å². The van der Waals surface area contributed by atoms with Crippen molar-refractivity contribution in [1.29, 1.82) is 0 Å². The molecule has 0 nitrogen and oxygen atoms in total. The predicted molar refractivity (Wildman–Crippen MR) is 62.0 cm³/mol. The van der Waals surface area contributed by atoms with E-state index in [2.05, 4.69) is 39.3 Å². The smallest absolute Gasteiger partial charge is 0.346 e. The lowest BCUT2D eigenvalue weighted by Gasteiger charge is -2.37. The molecule has 0 aromatic heterocycles. The van der Waals surface area contributed by atoms with E-state index in [4.69, 9.17) is 9.07 Å². The minimum Gasteiger partial charge on any atom is -0.346 e. The van der Waals surface area contributed by atoms with Crippen LogP contribution in [-0.4, -0.2) is 35.4 Å². The molecule has 0 rings (SSSR count). The largest absolute Gasteiger partial charge is 0.498 e. The summed E-state index contributed by atoms with van der Waals surface area (Å²) in [6.07, 6.45) is 0. The molecule has 0 heterocycles. The molecule has 0 fully saturated rings. The van der Waals surface area contributed by atoms with Crippen LogP contribution in [0.1, 0.15) is 0 Å². The number of halogens is 1. The Labute approximate surface area is 86.6 Å². The van der Waals surface area contributed by atoms with Crippen molar-refractivity contribution in [2.75, 3.05) is 0 Å². The Morgan fingerprint density at radius 2 is 1.18 bits per heavy atom. The van der Waals surface area contributed by atoms with E-state index in [0.717, 1.165) is 3.29 Å². The van der Waals surface area contributed by atoms with Gasteiger partial charge in [0.25, 0.3) is 0 Å². The highest BCUT2D eigenvalue weighted by Crippen LogP contribution is 2.31. The fourth-order valence-electron chi connectivity index (χ4n) is 1.76. The van der Waals surface area contributed by atoms with Crippen LogP contribution >= 0.6 is 9.07 Å². The van der Waals surface area contributed by atoms with E-state index in [9.17, 15) is 0 Å². The highest BCUT2D eigenvalue weighted by molar-refractivity contribution is 7.15. The zero-order valence-electron chi connectivity index (χ0n) is 8.66. The average Bonchev–Trinajstić information content (AvgIpc) is 1.56. The maximum Gasteiger partial charge on any atom is 0.498 e. The van der Waals surface area contributed by atoms with Gasteiger partial charge in [-0.05, 0) is 0 Å². The second-order valence-electron chi connectivity index (χ2n) is 5.44. The monoisotopic (exact) mass is 218 g/mol. The molecule has 0 radical (unpaired) electrons. The number of hydrogen-bond acceptors (Lipinski definition) is 0. The maximum atomic E-state index is 6.15. The van der Waals surface area contributed by atoms with E-state index in [0.29, 0.717) is 0 Å².